The van der Waals surface area contributed by atoms with Gasteiger partial charge in [-0.05, 0) is 48.5 Å². The average molecular weight is 395 g/mol. The van der Waals surface area contributed by atoms with E-state index >= 15 is 0 Å². The number of hydrogen-bond donors (Lipinski definition) is 1. The van der Waals surface area contributed by atoms with E-state index in [4.69, 9.17) is 13.6 Å². The van der Waals surface area contributed by atoms with Gasteiger partial charge >= 0.3 is 0 Å². The monoisotopic (exact) mass is 395 g/mol. The van der Waals surface area contributed by atoms with E-state index in [0.29, 0.717) is 12.3 Å². The predicted molar refractivity (Wildman–Crippen MR) is 109 cm³/mol. The van der Waals surface area contributed by atoms with Crippen LogP contribution >= 0.6 is 0 Å². The Morgan fingerprint density at radius 1 is 1.03 bits per heavy atom. The summed E-state index contributed by atoms with van der Waals surface area (Å²) in [6.07, 6.45) is 3.17. The summed E-state index contributed by atoms with van der Waals surface area (Å²) in [5.74, 6) is 1.80. The van der Waals surface area contributed by atoms with Crippen LogP contribution in [0.3, 0.4) is 0 Å². The Kier molecular flexibility index (Phi) is 5.86. The maximum atomic E-state index is 12.3. The van der Waals surface area contributed by atoms with E-state index in [2.05, 4.69) is 27.2 Å². The predicted octanol–water partition coefficient (Wildman–Crippen LogP) is 3.17. The summed E-state index contributed by atoms with van der Waals surface area (Å²) >= 11 is 0. The Hall–Kier alpha value is -3.19. The van der Waals surface area contributed by atoms with E-state index in [9.17, 15) is 4.79 Å². The van der Waals surface area contributed by atoms with E-state index in [0.717, 1.165) is 37.7 Å². The zero-order valence-corrected chi connectivity index (χ0v) is 16.4. The van der Waals surface area contributed by atoms with E-state index in [1.807, 2.05) is 24.3 Å². The molecule has 4 rings (SSSR count). The zero-order chi connectivity index (χ0) is 20.1. The lowest BCUT2D eigenvalue weighted by atomic mass is 10.1. The quantitative estimate of drug-likeness (QED) is 0.663. The number of carbonyl (C=O) groups is 1. The van der Waals surface area contributed by atoms with Gasteiger partial charge in [0, 0.05) is 38.4 Å². The highest BCUT2D eigenvalue weighted by atomic mass is 16.5. The molecule has 0 unspecified atom stereocenters. The number of rotatable bonds is 7. The Labute approximate surface area is 169 Å². The Balaban J connectivity index is 1.39. The van der Waals surface area contributed by atoms with Crippen LogP contribution < -0.4 is 15.0 Å². The van der Waals surface area contributed by atoms with E-state index in [1.54, 1.807) is 25.5 Å². The molecule has 0 bridgehead atoms. The molecule has 0 saturated carbocycles. The number of nitrogens with zero attached hydrogens (tertiary/aromatic N) is 2. The molecule has 0 spiro atoms. The number of ether oxygens (including phenoxy) is 1. The molecule has 7 heteroatoms. The molecule has 2 aromatic heterocycles. The highest BCUT2D eigenvalue weighted by Gasteiger charge is 2.27. The molecule has 1 fully saturated rings. The lowest BCUT2D eigenvalue weighted by molar-refractivity contribution is 0.0895. The number of piperazine rings is 1. The summed E-state index contributed by atoms with van der Waals surface area (Å²) < 4.78 is 16.1. The summed E-state index contributed by atoms with van der Waals surface area (Å²) in [6, 6.07) is 15.3. The molecule has 1 aliphatic heterocycles. The van der Waals surface area contributed by atoms with Gasteiger partial charge in [0.2, 0.25) is 0 Å². The summed E-state index contributed by atoms with van der Waals surface area (Å²) in [4.78, 5) is 17.0. The minimum Gasteiger partial charge on any atom is -0.497 e. The SMILES string of the molecule is COc1ccc(N2CCN([C@@H](CNC(=O)c3ccco3)c3ccco3)CC2)cc1. The van der Waals surface area contributed by atoms with Crippen molar-refractivity contribution < 1.29 is 18.4 Å². The third-order valence-electron chi connectivity index (χ3n) is 5.27. The van der Waals surface area contributed by atoms with Crippen LogP contribution in [0.5, 0.6) is 5.75 Å². The molecule has 152 valence electrons. The number of furan rings is 2. The van der Waals surface area contributed by atoms with Crippen molar-refractivity contribution >= 4 is 11.6 Å². The number of carbonyl (C=O) groups excluding carboxylic acids is 1. The number of benzene rings is 1. The van der Waals surface area contributed by atoms with Crippen molar-refractivity contribution in [1.29, 1.82) is 0 Å². The Bertz CT molecular complexity index is 883. The van der Waals surface area contributed by atoms with Crippen LogP contribution in [0.2, 0.25) is 0 Å². The largest absolute Gasteiger partial charge is 0.497 e. The minimum absolute atomic E-state index is 0.0260. The molecule has 7 nitrogen and oxygen atoms in total. The molecular formula is C22H25N3O4. The first kappa shape index (κ1) is 19.1. The highest BCUT2D eigenvalue weighted by Crippen LogP contribution is 2.25. The molecule has 1 N–H and O–H groups in total. The molecule has 3 aromatic rings. The van der Waals surface area contributed by atoms with Gasteiger partial charge in [0.1, 0.15) is 11.5 Å². The maximum absolute atomic E-state index is 12.3. The first-order chi connectivity index (χ1) is 14.2. The summed E-state index contributed by atoms with van der Waals surface area (Å²) in [5, 5.41) is 2.96. The van der Waals surface area contributed by atoms with Crippen LogP contribution in [0.1, 0.15) is 22.4 Å². The maximum Gasteiger partial charge on any atom is 0.287 e. The number of amides is 1. The molecule has 1 atom stereocenters. The molecule has 1 aliphatic rings. The van der Waals surface area contributed by atoms with Gasteiger partial charge in [0.25, 0.3) is 5.91 Å². The van der Waals surface area contributed by atoms with E-state index in [-0.39, 0.29) is 11.9 Å². The first-order valence-electron chi connectivity index (χ1n) is 9.73. The smallest absolute Gasteiger partial charge is 0.287 e. The van der Waals surface area contributed by atoms with Gasteiger partial charge in [0.15, 0.2) is 5.76 Å². The van der Waals surface area contributed by atoms with E-state index in [1.165, 1.54) is 12.0 Å². The first-order valence-corrected chi connectivity index (χ1v) is 9.73. The Morgan fingerprint density at radius 3 is 2.38 bits per heavy atom. The second-order valence-corrected chi connectivity index (χ2v) is 6.94. The minimum atomic E-state index is -0.219. The fraction of sp³-hybridized carbons (Fsp3) is 0.318. The van der Waals surface area contributed by atoms with Crippen molar-refractivity contribution in [1.82, 2.24) is 10.2 Å². The lowest BCUT2D eigenvalue weighted by Gasteiger charge is -2.39. The molecule has 1 amide bonds. The van der Waals surface area contributed by atoms with Crippen LogP contribution in [-0.2, 0) is 0 Å². The van der Waals surface area contributed by atoms with Gasteiger partial charge in [-0.15, -0.1) is 0 Å². The molecule has 1 saturated heterocycles. The van der Waals surface area contributed by atoms with Gasteiger partial charge in [-0.25, -0.2) is 0 Å². The third-order valence-corrected chi connectivity index (χ3v) is 5.27. The summed E-state index contributed by atoms with van der Waals surface area (Å²) in [7, 11) is 1.67. The van der Waals surface area contributed by atoms with E-state index < -0.39 is 0 Å². The topological polar surface area (TPSA) is 71.1 Å². The number of methoxy groups -OCH3 is 1. The highest BCUT2D eigenvalue weighted by molar-refractivity contribution is 5.91. The molecule has 3 heterocycles. The van der Waals surface area contributed by atoms with Crippen molar-refractivity contribution in [2.45, 2.75) is 6.04 Å². The molecule has 29 heavy (non-hydrogen) atoms. The van der Waals surface area contributed by atoms with Gasteiger partial charge in [0.05, 0.1) is 25.7 Å². The normalized spacial score (nSPS) is 15.8. The van der Waals surface area contributed by atoms with Crippen LogP contribution in [0.25, 0.3) is 0 Å². The van der Waals surface area contributed by atoms with Crippen molar-refractivity contribution in [3.8, 4) is 5.75 Å². The van der Waals surface area contributed by atoms with Gasteiger partial charge in [-0.1, -0.05) is 0 Å². The van der Waals surface area contributed by atoms with Gasteiger partial charge < -0.3 is 23.8 Å². The third kappa shape index (κ3) is 4.46. The summed E-state index contributed by atoms with van der Waals surface area (Å²) in [6.45, 7) is 3.99. The van der Waals surface area contributed by atoms with Crippen molar-refractivity contribution in [3.63, 3.8) is 0 Å². The number of nitrogens with one attached hydrogen (secondary N) is 1. The van der Waals surface area contributed by atoms with Crippen molar-refractivity contribution in [3.05, 3.63) is 72.6 Å². The average Bonchev–Trinajstić information content (AvgIpc) is 3.49. The van der Waals surface area contributed by atoms with Crippen molar-refractivity contribution in [2.75, 3.05) is 44.7 Å². The lowest BCUT2D eigenvalue weighted by Crippen LogP contribution is -2.49. The fourth-order valence-corrected chi connectivity index (χ4v) is 3.66. The van der Waals surface area contributed by atoms with Gasteiger partial charge in [-0.3, -0.25) is 9.69 Å². The molecule has 1 aromatic carbocycles. The summed E-state index contributed by atoms with van der Waals surface area (Å²) in [5.41, 5.74) is 1.19. The number of hydrogen-bond acceptors (Lipinski definition) is 6. The fourth-order valence-electron chi connectivity index (χ4n) is 3.66. The van der Waals surface area contributed by atoms with Crippen LogP contribution in [-0.4, -0.2) is 50.6 Å². The second kappa shape index (κ2) is 8.87. The molecule has 0 radical (unpaired) electrons. The Morgan fingerprint density at radius 2 is 1.76 bits per heavy atom. The molecule has 0 aliphatic carbocycles. The standard InChI is InChI=1S/C22H25N3O4/c1-27-18-8-6-17(7-9-18)24-10-12-25(13-11-24)19(20-4-2-14-28-20)16-23-22(26)21-5-3-15-29-21/h2-9,14-15,19H,10-13,16H2,1H3,(H,23,26)/t19-/m0/s1. The van der Waals surface area contributed by atoms with Crippen molar-refractivity contribution in [2.24, 2.45) is 0 Å². The van der Waals surface area contributed by atoms with Crippen LogP contribution in [0, 0.1) is 0 Å². The number of anilines is 1. The van der Waals surface area contributed by atoms with Gasteiger partial charge in [-0.2, -0.15) is 0 Å². The van der Waals surface area contributed by atoms with Crippen LogP contribution in [0.15, 0.2) is 69.9 Å². The second-order valence-electron chi connectivity index (χ2n) is 6.94. The zero-order valence-electron chi connectivity index (χ0n) is 16.4. The van der Waals surface area contributed by atoms with Crippen LogP contribution in [0.4, 0.5) is 5.69 Å². The molecular weight excluding hydrogens is 370 g/mol.